The Balaban J connectivity index is 2.04. The quantitative estimate of drug-likeness (QED) is 0.638. The molecule has 0 atom stereocenters. The van der Waals surface area contributed by atoms with Gasteiger partial charge in [0, 0.05) is 0 Å². The molecule has 0 fully saturated rings. The number of benzene rings is 2. The Morgan fingerprint density at radius 2 is 1.64 bits per heavy atom. The first kappa shape index (κ1) is 16.9. The highest BCUT2D eigenvalue weighted by Gasteiger charge is 2.24. The summed E-state index contributed by atoms with van der Waals surface area (Å²) in [6, 6.07) is 14.3. The lowest BCUT2D eigenvalue weighted by Gasteiger charge is -2.15. The van der Waals surface area contributed by atoms with Gasteiger partial charge in [-0.25, -0.2) is 4.57 Å². The van der Waals surface area contributed by atoms with Crippen LogP contribution in [0.15, 0.2) is 48.5 Å². The summed E-state index contributed by atoms with van der Waals surface area (Å²) < 4.78 is 27.5. The predicted octanol–water partition coefficient (Wildman–Crippen LogP) is 5.05. The van der Waals surface area contributed by atoms with Crippen LogP contribution in [-0.4, -0.2) is 19.8 Å². The van der Waals surface area contributed by atoms with Crippen LogP contribution in [0.2, 0.25) is 0 Å². The van der Waals surface area contributed by atoms with Crippen LogP contribution >= 0.6 is 7.82 Å². The van der Waals surface area contributed by atoms with E-state index in [-0.39, 0.29) is 19.8 Å². The molecule has 0 aliphatic rings. The van der Waals surface area contributed by atoms with Gasteiger partial charge in [0.05, 0.1) is 19.8 Å². The van der Waals surface area contributed by atoms with Gasteiger partial charge in [-0.05, 0) is 30.2 Å². The van der Waals surface area contributed by atoms with Crippen molar-refractivity contribution >= 4 is 24.7 Å². The summed E-state index contributed by atoms with van der Waals surface area (Å²) in [5, 5.41) is 2.35. The van der Waals surface area contributed by atoms with Crippen LogP contribution in [-0.2, 0) is 18.1 Å². The van der Waals surface area contributed by atoms with E-state index < -0.39 is 7.82 Å². The smallest absolute Gasteiger partial charge is 0.287 e. The molecule has 0 saturated carbocycles. The summed E-state index contributed by atoms with van der Waals surface area (Å²) in [6.07, 6.45) is 3.76. The molecular formula is C17H21O4P. The van der Waals surface area contributed by atoms with Crippen LogP contribution < -0.4 is 0 Å². The third kappa shape index (κ3) is 4.52. The minimum Gasteiger partial charge on any atom is -0.287 e. The van der Waals surface area contributed by atoms with Crippen LogP contribution in [0, 0.1) is 0 Å². The molecule has 0 aromatic heterocycles. The summed E-state index contributed by atoms with van der Waals surface area (Å²) in [4.78, 5) is 0. The monoisotopic (exact) mass is 320 g/mol. The topological polar surface area (TPSA) is 44.8 Å². The van der Waals surface area contributed by atoms with E-state index in [1.807, 2.05) is 36.4 Å². The largest absolute Gasteiger partial charge is 0.475 e. The SMILES string of the molecule is CCOP(=O)(OCC)OCC=Cc1cccc2ccccc12. The van der Waals surface area contributed by atoms with Gasteiger partial charge in [-0.2, -0.15) is 0 Å². The Morgan fingerprint density at radius 1 is 0.955 bits per heavy atom. The van der Waals surface area contributed by atoms with Crippen LogP contribution in [0.25, 0.3) is 16.8 Å². The number of fused-ring (bicyclic) bond motifs is 1. The minimum atomic E-state index is -3.44. The van der Waals surface area contributed by atoms with Crippen molar-refractivity contribution in [1.29, 1.82) is 0 Å². The Hall–Kier alpha value is -1.45. The van der Waals surface area contributed by atoms with Crippen molar-refractivity contribution in [3.63, 3.8) is 0 Å². The molecule has 0 spiro atoms. The Bertz CT molecular complexity index is 666. The second-order valence-corrected chi connectivity index (χ2v) is 6.22. The highest BCUT2D eigenvalue weighted by atomic mass is 31.2. The van der Waals surface area contributed by atoms with Gasteiger partial charge in [0.1, 0.15) is 0 Å². The van der Waals surface area contributed by atoms with Gasteiger partial charge in [-0.1, -0.05) is 54.6 Å². The molecule has 0 radical (unpaired) electrons. The van der Waals surface area contributed by atoms with E-state index in [2.05, 4.69) is 18.2 Å². The number of phosphoric ester groups is 1. The molecule has 2 rings (SSSR count). The molecule has 0 aliphatic heterocycles. The van der Waals surface area contributed by atoms with Gasteiger partial charge in [0.15, 0.2) is 0 Å². The number of hydrogen-bond donors (Lipinski definition) is 0. The average molecular weight is 320 g/mol. The number of phosphoric acid groups is 1. The van der Waals surface area contributed by atoms with Gasteiger partial charge in [0.2, 0.25) is 0 Å². The van der Waals surface area contributed by atoms with E-state index in [1.54, 1.807) is 13.8 Å². The fraction of sp³-hybridized carbons (Fsp3) is 0.294. The maximum atomic E-state index is 12.1. The molecule has 0 saturated heterocycles. The molecule has 0 N–H and O–H groups in total. The highest BCUT2D eigenvalue weighted by Crippen LogP contribution is 2.49. The molecule has 0 amide bonds. The highest BCUT2D eigenvalue weighted by molar-refractivity contribution is 7.48. The molecule has 4 nitrogen and oxygen atoms in total. The second kappa shape index (κ2) is 8.25. The molecule has 0 aliphatic carbocycles. The maximum Gasteiger partial charge on any atom is 0.475 e. The van der Waals surface area contributed by atoms with Crippen molar-refractivity contribution in [1.82, 2.24) is 0 Å². The van der Waals surface area contributed by atoms with Crippen LogP contribution in [0.5, 0.6) is 0 Å². The first-order valence-electron chi connectivity index (χ1n) is 7.36. The van der Waals surface area contributed by atoms with Crippen molar-refractivity contribution in [3.05, 3.63) is 54.1 Å². The molecule has 2 aromatic rings. The van der Waals surface area contributed by atoms with E-state index in [0.29, 0.717) is 0 Å². The lowest BCUT2D eigenvalue weighted by molar-refractivity contribution is 0.131. The molecule has 0 heterocycles. The molecule has 0 unspecified atom stereocenters. The first-order chi connectivity index (χ1) is 10.7. The molecule has 118 valence electrons. The third-order valence-corrected chi connectivity index (χ3v) is 4.64. The summed E-state index contributed by atoms with van der Waals surface area (Å²) in [5.74, 6) is 0. The summed E-state index contributed by atoms with van der Waals surface area (Å²) in [5.41, 5.74) is 1.09. The zero-order valence-electron chi connectivity index (χ0n) is 12.9. The first-order valence-corrected chi connectivity index (χ1v) is 8.82. The van der Waals surface area contributed by atoms with Crippen molar-refractivity contribution in [2.75, 3.05) is 19.8 Å². The average Bonchev–Trinajstić information content (AvgIpc) is 2.52. The predicted molar refractivity (Wildman–Crippen MR) is 89.8 cm³/mol. The van der Waals surface area contributed by atoms with Crippen molar-refractivity contribution in [3.8, 4) is 0 Å². The Labute approximate surface area is 131 Å². The number of hydrogen-bond acceptors (Lipinski definition) is 4. The van der Waals surface area contributed by atoms with E-state index in [0.717, 1.165) is 5.56 Å². The molecular weight excluding hydrogens is 299 g/mol. The van der Waals surface area contributed by atoms with Crippen LogP contribution in [0.3, 0.4) is 0 Å². The third-order valence-electron chi connectivity index (χ3n) is 3.02. The Morgan fingerprint density at radius 3 is 2.36 bits per heavy atom. The van der Waals surface area contributed by atoms with Crippen molar-refractivity contribution in [2.45, 2.75) is 13.8 Å². The summed E-state index contributed by atoms with van der Waals surface area (Å²) >= 11 is 0. The van der Waals surface area contributed by atoms with Crippen LogP contribution in [0.1, 0.15) is 19.4 Å². The van der Waals surface area contributed by atoms with Gasteiger partial charge >= 0.3 is 7.82 Å². The lowest BCUT2D eigenvalue weighted by atomic mass is 10.0. The van der Waals surface area contributed by atoms with E-state index in [9.17, 15) is 4.57 Å². The summed E-state index contributed by atoms with van der Waals surface area (Å²) in [7, 11) is -3.44. The molecule has 2 aromatic carbocycles. The maximum absolute atomic E-state index is 12.1. The number of rotatable bonds is 8. The van der Waals surface area contributed by atoms with Gasteiger partial charge in [0.25, 0.3) is 0 Å². The molecule has 22 heavy (non-hydrogen) atoms. The summed E-state index contributed by atoms with van der Waals surface area (Å²) in [6.45, 7) is 4.23. The minimum absolute atomic E-state index is 0.167. The molecule has 5 heteroatoms. The zero-order valence-corrected chi connectivity index (χ0v) is 13.8. The van der Waals surface area contributed by atoms with Gasteiger partial charge < -0.3 is 0 Å². The fourth-order valence-electron chi connectivity index (χ4n) is 2.13. The molecule has 0 bridgehead atoms. The van der Waals surface area contributed by atoms with Crippen molar-refractivity contribution in [2.24, 2.45) is 0 Å². The normalized spacial score (nSPS) is 12.3. The fourth-order valence-corrected chi connectivity index (χ4v) is 3.26. The Kier molecular flexibility index (Phi) is 6.34. The van der Waals surface area contributed by atoms with Crippen LogP contribution in [0.4, 0.5) is 0 Å². The van der Waals surface area contributed by atoms with E-state index in [4.69, 9.17) is 13.6 Å². The standard InChI is InChI=1S/C17H21O4P/c1-3-19-22(18,20-4-2)21-14-8-12-16-11-7-10-15-9-5-6-13-17(15)16/h5-13H,3-4,14H2,1-2H3. The van der Waals surface area contributed by atoms with E-state index >= 15 is 0 Å². The second-order valence-electron chi connectivity index (χ2n) is 4.55. The van der Waals surface area contributed by atoms with Gasteiger partial charge in [-0.15, -0.1) is 0 Å². The van der Waals surface area contributed by atoms with Gasteiger partial charge in [-0.3, -0.25) is 13.6 Å². The zero-order chi connectivity index (χ0) is 15.8. The van der Waals surface area contributed by atoms with Crippen molar-refractivity contribution < 1.29 is 18.1 Å². The lowest BCUT2D eigenvalue weighted by Crippen LogP contribution is -2.00. The van der Waals surface area contributed by atoms with E-state index in [1.165, 1.54) is 10.8 Å².